The Morgan fingerprint density at radius 2 is 1.71 bits per heavy atom. The summed E-state index contributed by atoms with van der Waals surface area (Å²) in [5, 5.41) is 5.57. The highest BCUT2D eigenvalue weighted by Crippen LogP contribution is 2.39. The smallest absolute Gasteiger partial charge is 0.265 e. The van der Waals surface area contributed by atoms with Gasteiger partial charge in [0.05, 0.1) is 22.7 Å². The Labute approximate surface area is 206 Å². The zero-order valence-electron chi connectivity index (χ0n) is 20.5. The summed E-state index contributed by atoms with van der Waals surface area (Å²) in [7, 11) is -4.26. The first kappa shape index (κ1) is 25.2. The zero-order valence-corrected chi connectivity index (χ0v) is 21.3. The first-order valence-electron chi connectivity index (χ1n) is 12.0. The Morgan fingerprint density at radius 1 is 1.09 bits per heavy atom. The summed E-state index contributed by atoms with van der Waals surface area (Å²) < 4.78 is 43.1. The van der Waals surface area contributed by atoms with Crippen LogP contribution in [0.1, 0.15) is 55.7 Å². The van der Waals surface area contributed by atoms with Gasteiger partial charge >= 0.3 is 0 Å². The molecule has 2 N–H and O–H groups in total. The number of halogens is 1. The van der Waals surface area contributed by atoms with Crippen molar-refractivity contribution in [3.05, 3.63) is 52.8 Å². The Bertz CT molecular complexity index is 1250. The molecule has 0 saturated heterocycles. The normalized spacial score (nSPS) is 22.4. The topological polar surface area (TPSA) is 95.6 Å². The largest absolute Gasteiger partial charge is 0.353 e. The van der Waals surface area contributed by atoms with Crippen molar-refractivity contribution in [1.29, 1.82) is 0 Å². The van der Waals surface area contributed by atoms with Crippen molar-refractivity contribution in [3.63, 3.8) is 0 Å². The van der Waals surface area contributed by atoms with Crippen LogP contribution in [-0.4, -0.2) is 32.3 Å². The second-order valence-electron chi connectivity index (χ2n) is 9.92. The molecule has 188 valence electrons. The van der Waals surface area contributed by atoms with Crippen LogP contribution in [0.25, 0.3) is 0 Å². The lowest BCUT2D eigenvalue weighted by Crippen LogP contribution is -2.53. The van der Waals surface area contributed by atoms with Gasteiger partial charge < -0.3 is 10.6 Å². The first-order chi connectivity index (χ1) is 16.5. The molecule has 2 aromatic carbocycles. The minimum Gasteiger partial charge on any atom is -0.353 e. The quantitative estimate of drug-likeness (QED) is 0.637. The number of fused-ring (bicyclic) bond motifs is 1. The predicted octanol–water partition coefficient (Wildman–Crippen LogP) is 4.35. The van der Waals surface area contributed by atoms with Crippen molar-refractivity contribution in [3.8, 4) is 0 Å². The van der Waals surface area contributed by atoms with E-state index in [4.69, 9.17) is 0 Å². The molecule has 1 fully saturated rings. The molecule has 9 heteroatoms. The molecule has 0 bridgehead atoms. The molecule has 4 rings (SSSR count). The van der Waals surface area contributed by atoms with Gasteiger partial charge in [0, 0.05) is 6.04 Å². The molecule has 0 aromatic heterocycles. The number of carbonyl (C=O) groups excluding carboxylic acids is 2. The van der Waals surface area contributed by atoms with Gasteiger partial charge in [0.15, 0.2) is 0 Å². The number of sulfonamides is 1. The number of benzene rings is 2. The predicted molar refractivity (Wildman–Crippen MR) is 133 cm³/mol. The zero-order chi connectivity index (χ0) is 25.5. The lowest BCUT2D eigenvalue weighted by atomic mass is 9.87. The second kappa shape index (κ2) is 9.60. The molecule has 1 aliphatic carbocycles. The summed E-state index contributed by atoms with van der Waals surface area (Å²) in [5.41, 5.74) is 2.18. The number of amides is 2. The number of anilines is 2. The van der Waals surface area contributed by atoms with Crippen molar-refractivity contribution >= 4 is 33.2 Å². The third kappa shape index (κ3) is 5.05. The molecule has 2 aliphatic rings. The Kier molecular flexibility index (Phi) is 6.90. The fourth-order valence-corrected chi connectivity index (χ4v) is 7.35. The molecule has 2 amide bonds. The highest BCUT2D eigenvalue weighted by Gasteiger charge is 2.43. The van der Waals surface area contributed by atoms with Gasteiger partial charge in [-0.05, 0) is 81.7 Å². The van der Waals surface area contributed by atoms with Gasteiger partial charge in [0.1, 0.15) is 11.9 Å². The molecule has 0 spiro atoms. The molecule has 1 saturated carbocycles. The molecule has 1 atom stereocenters. The maximum atomic E-state index is 14.1. The molecule has 1 aliphatic heterocycles. The van der Waals surface area contributed by atoms with E-state index in [0.717, 1.165) is 47.7 Å². The van der Waals surface area contributed by atoms with Crippen LogP contribution in [0.3, 0.4) is 0 Å². The molecule has 1 heterocycles. The number of nitrogens with zero attached hydrogens (tertiary/aromatic N) is 1. The maximum absolute atomic E-state index is 14.1. The average Bonchev–Trinajstić information content (AvgIpc) is 2.74. The SMILES string of the molecule is Cc1cc(C)c(S(=O)(=O)N2c3ccc(F)cc3NC(=O)C2CC(=O)NC2CCC(C)CC2)c(C)c1. The van der Waals surface area contributed by atoms with E-state index in [1.165, 1.54) is 6.07 Å². The van der Waals surface area contributed by atoms with E-state index in [2.05, 4.69) is 17.6 Å². The lowest BCUT2D eigenvalue weighted by Gasteiger charge is -2.37. The number of nitrogens with one attached hydrogen (secondary N) is 2. The van der Waals surface area contributed by atoms with Crippen LogP contribution in [0.15, 0.2) is 35.2 Å². The van der Waals surface area contributed by atoms with Gasteiger partial charge in [0.25, 0.3) is 10.0 Å². The van der Waals surface area contributed by atoms with E-state index in [-0.39, 0.29) is 34.6 Å². The minimum absolute atomic E-state index is 0.0124. The van der Waals surface area contributed by atoms with E-state index >= 15 is 0 Å². The fraction of sp³-hybridized carbons (Fsp3) is 0.462. The molecule has 7 nitrogen and oxygen atoms in total. The van der Waals surface area contributed by atoms with Crippen LogP contribution in [0.2, 0.25) is 0 Å². The van der Waals surface area contributed by atoms with Gasteiger partial charge in [-0.25, -0.2) is 12.8 Å². The summed E-state index contributed by atoms with van der Waals surface area (Å²) in [6.45, 7) is 7.47. The first-order valence-corrected chi connectivity index (χ1v) is 13.4. The Balaban J connectivity index is 1.73. The molecule has 1 unspecified atom stereocenters. The van der Waals surface area contributed by atoms with E-state index in [9.17, 15) is 22.4 Å². The summed E-state index contributed by atoms with van der Waals surface area (Å²) in [4.78, 5) is 26.2. The number of hydrogen-bond acceptors (Lipinski definition) is 4. The number of carbonyl (C=O) groups is 2. The minimum atomic E-state index is -4.26. The van der Waals surface area contributed by atoms with Crippen LogP contribution in [0.5, 0.6) is 0 Å². The van der Waals surface area contributed by atoms with Crippen molar-refractivity contribution in [2.45, 2.75) is 76.8 Å². The molecule has 0 radical (unpaired) electrons. The number of aryl methyl sites for hydroxylation is 3. The highest BCUT2D eigenvalue weighted by molar-refractivity contribution is 7.93. The molecular formula is C26H32FN3O4S. The standard InChI is InChI=1S/C26H32FN3O4S/c1-15-5-8-20(9-6-15)28-24(31)14-23-26(32)29-21-13-19(27)7-10-22(21)30(23)35(33,34)25-17(3)11-16(2)12-18(25)4/h7,10-13,15,20,23H,5-6,8-9,14H2,1-4H3,(H,28,31)(H,29,32). The van der Waals surface area contributed by atoms with Crippen molar-refractivity contribution in [2.75, 3.05) is 9.62 Å². The van der Waals surface area contributed by atoms with Crippen LogP contribution in [0.4, 0.5) is 15.8 Å². The average molecular weight is 502 g/mol. The van der Waals surface area contributed by atoms with E-state index in [1.54, 1.807) is 26.0 Å². The van der Waals surface area contributed by atoms with Crippen molar-refractivity contribution < 1.29 is 22.4 Å². The molecule has 35 heavy (non-hydrogen) atoms. The van der Waals surface area contributed by atoms with E-state index < -0.39 is 27.8 Å². The third-order valence-electron chi connectivity index (χ3n) is 6.92. The lowest BCUT2D eigenvalue weighted by molar-refractivity contribution is -0.125. The summed E-state index contributed by atoms with van der Waals surface area (Å²) in [5.74, 6) is -1.04. The Hall–Kier alpha value is -2.94. The van der Waals surface area contributed by atoms with Crippen LogP contribution < -0.4 is 14.9 Å². The van der Waals surface area contributed by atoms with Gasteiger partial charge in [-0.1, -0.05) is 24.6 Å². The summed E-state index contributed by atoms with van der Waals surface area (Å²) in [6.07, 6.45) is 3.41. The number of hydrogen-bond donors (Lipinski definition) is 2. The van der Waals surface area contributed by atoms with Gasteiger partial charge in [0.2, 0.25) is 11.8 Å². The van der Waals surface area contributed by atoms with E-state index in [1.807, 2.05) is 6.92 Å². The second-order valence-corrected chi connectivity index (χ2v) is 11.7. The summed E-state index contributed by atoms with van der Waals surface area (Å²) >= 11 is 0. The maximum Gasteiger partial charge on any atom is 0.265 e. The third-order valence-corrected chi connectivity index (χ3v) is 9.05. The van der Waals surface area contributed by atoms with Crippen molar-refractivity contribution in [2.24, 2.45) is 5.92 Å². The van der Waals surface area contributed by atoms with Crippen molar-refractivity contribution in [1.82, 2.24) is 5.32 Å². The molecular weight excluding hydrogens is 469 g/mol. The van der Waals surface area contributed by atoms with Crippen LogP contribution >= 0.6 is 0 Å². The van der Waals surface area contributed by atoms with E-state index in [0.29, 0.717) is 17.0 Å². The number of rotatable bonds is 5. The van der Waals surface area contributed by atoms with Gasteiger partial charge in [-0.2, -0.15) is 0 Å². The van der Waals surface area contributed by atoms with Crippen LogP contribution in [0, 0.1) is 32.5 Å². The fourth-order valence-electron chi connectivity index (χ4n) is 5.30. The molecule has 2 aromatic rings. The van der Waals surface area contributed by atoms with Gasteiger partial charge in [-0.15, -0.1) is 0 Å². The Morgan fingerprint density at radius 3 is 2.34 bits per heavy atom. The monoisotopic (exact) mass is 501 g/mol. The van der Waals surface area contributed by atoms with Crippen LogP contribution in [-0.2, 0) is 19.6 Å². The highest BCUT2D eigenvalue weighted by atomic mass is 32.2. The summed E-state index contributed by atoms with van der Waals surface area (Å²) in [6, 6.07) is 5.80. The van der Waals surface area contributed by atoms with Gasteiger partial charge in [-0.3, -0.25) is 13.9 Å².